The van der Waals surface area contributed by atoms with Gasteiger partial charge >= 0.3 is 0 Å². The Bertz CT molecular complexity index is 63.7. The van der Waals surface area contributed by atoms with Crippen LogP contribution in [0.1, 0.15) is 0 Å². The van der Waals surface area contributed by atoms with Crippen molar-refractivity contribution >= 4 is 30.0 Å². The maximum atomic E-state index is 7.94. The molecule has 0 atom stereocenters. The van der Waals surface area contributed by atoms with E-state index in [1.807, 2.05) is 5.69 Å². The Kier molecular flexibility index (Phi) is 3.41. The second kappa shape index (κ2) is 3.34. The summed E-state index contributed by atoms with van der Waals surface area (Å²) in [7, 11) is 6.67. The van der Waals surface area contributed by atoms with Crippen molar-refractivity contribution < 1.29 is 0 Å². The molecule has 0 bridgehead atoms. The fourth-order valence-corrected chi connectivity index (χ4v) is 0.581. The van der Waals surface area contributed by atoms with E-state index in [0.29, 0.717) is 9.52 Å². The fraction of sp³-hybridized carbons (Fsp3) is 0.500. The van der Waals surface area contributed by atoms with Crippen LogP contribution in [0.5, 0.6) is 0 Å². The van der Waals surface area contributed by atoms with Gasteiger partial charge in [-0.15, -0.1) is 0 Å². The summed E-state index contributed by atoms with van der Waals surface area (Å²) in [5.74, 6) is 0. The van der Waals surface area contributed by atoms with Crippen LogP contribution in [0.2, 0.25) is 4.79 Å². The molecule has 0 aromatic carbocycles. The molecule has 0 unspecified atom stereocenters. The van der Waals surface area contributed by atoms with E-state index in [1.165, 1.54) is 0 Å². The van der Waals surface area contributed by atoms with Gasteiger partial charge in [0.1, 0.15) is 0 Å². The lowest BCUT2D eigenvalue weighted by atomic mass is 11.8. The van der Waals surface area contributed by atoms with Crippen LogP contribution in [-0.4, -0.2) is 30.0 Å². The highest BCUT2D eigenvalue weighted by molar-refractivity contribution is 6.68. The number of hydrogen-bond donors (Lipinski definition) is 0. The first-order valence-electron chi connectivity index (χ1n) is 1.34. The van der Waals surface area contributed by atoms with E-state index in [9.17, 15) is 0 Å². The molecule has 0 heterocycles. The Morgan fingerprint density at radius 1 is 1.67 bits per heavy atom. The van der Waals surface area contributed by atoms with Gasteiger partial charge in [0.05, 0.1) is 0 Å². The highest BCUT2D eigenvalue weighted by atomic mass is 28.3. The lowest BCUT2D eigenvalue weighted by molar-refractivity contribution is 1.56. The first-order chi connectivity index (χ1) is 2.77. The molecule has 6 heavy (non-hydrogen) atoms. The minimum absolute atomic E-state index is 0.176. The summed E-state index contributed by atoms with van der Waals surface area (Å²) in [5.41, 5.74) is 2.00. The molecule has 8 radical (unpaired) electrons. The molecule has 0 saturated carbocycles. The highest BCUT2D eigenvalue weighted by Gasteiger charge is 1.90. The molecule has 0 rings (SSSR count). The molecule has 26 valence electrons. The smallest absolute Gasteiger partial charge is 0.183 e. The molecule has 0 saturated heterocycles. The third-order valence-electron chi connectivity index (χ3n) is 0.209. The van der Waals surface area contributed by atoms with Crippen molar-refractivity contribution in [1.29, 1.82) is 5.26 Å². The van der Waals surface area contributed by atoms with Crippen molar-refractivity contribution in [3.63, 3.8) is 0 Å². The zero-order valence-corrected chi connectivity index (χ0v) is 6.02. The van der Waals surface area contributed by atoms with E-state index >= 15 is 0 Å². The molecule has 4 heteroatoms. The molecule has 0 aliphatic rings. The van der Waals surface area contributed by atoms with Gasteiger partial charge in [-0.2, -0.15) is 0 Å². The molecule has 0 spiro atoms. The third-order valence-corrected chi connectivity index (χ3v) is 1.49. The molecule has 0 amide bonds. The van der Waals surface area contributed by atoms with Gasteiger partial charge < -0.3 is 0 Å². The molecular formula is C2HNSi3. The highest BCUT2D eigenvalue weighted by Crippen LogP contribution is 1.79. The molecule has 0 aromatic rings. The SMILES string of the molecule is N#C[Si]C([Si])[Si]. The van der Waals surface area contributed by atoms with Crippen LogP contribution >= 0.6 is 0 Å². The van der Waals surface area contributed by atoms with Crippen molar-refractivity contribution in [2.24, 2.45) is 0 Å². The number of nitriles is 1. The fourth-order valence-electron chi connectivity index (χ4n) is 0.0645. The maximum absolute atomic E-state index is 7.94. The lowest BCUT2D eigenvalue weighted by Crippen LogP contribution is -1.98. The van der Waals surface area contributed by atoms with Crippen molar-refractivity contribution in [2.75, 3.05) is 0 Å². The van der Waals surface area contributed by atoms with E-state index in [1.54, 1.807) is 0 Å². The third kappa shape index (κ3) is 4.14. The van der Waals surface area contributed by atoms with Gasteiger partial charge in [0.25, 0.3) is 0 Å². The van der Waals surface area contributed by atoms with Crippen LogP contribution in [0.25, 0.3) is 0 Å². The van der Waals surface area contributed by atoms with Crippen molar-refractivity contribution in [3.8, 4) is 5.69 Å². The zero-order chi connectivity index (χ0) is 4.99. The standard InChI is InChI=1S/C2HNSi3/c3-1-6-2(4)5/h2H. The molecule has 0 aliphatic heterocycles. The predicted octanol–water partition coefficient (Wildman–Crippen LogP) is -0.788. The van der Waals surface area contributed by atoms with Gasteiger partial charge in [0, 0.05) is 26.2 Å². The first-order valence-corrected chi connectivity index (χ1v) is 3.57. The maximum Gasteiger partial charge on any atom is 0.183 e. The molecule has 0 aliphatic carbocycles. The van der Waals surface area contributed by atoms with E-state index in [-0.39, 0.29) is 4.79 Å². The summed E-state index contributed by atoms with van der Waals surface area (Å²) in [6, 6.07) is 0. The van der Waals surface area contributed by atoms with Gasteiger partial charge in [-0.1, -0.05) is 4.79 Å². The predicted molar refractivity (Wildman–Crippen MR) is 26.6 cm³/mol. The Balaban J connectivity index is 2.88. The van der Waals surface area contributed by atoms with E-state index in [0.717, 1.165) is 0 Å². The second-order valence-electron chi connectivity index (χ2n) is 0.689. The topological polar surface area (TPSA) is 23.8 Å². The van der Waals surface area contributed by atoms with Crippen LogP contribution in [0.15, 0.2) is 0 Å². The van der Waals surface area contributed by atoms with Gasteiger partial charge in [0.15, 0.2) is 9.52 Å². The average molecular weight is 123 g/mol. The summed E-state index contributed by atoms with van der Waals surface area (Å²) in [5, 5.41) is 7.94. The number of rotatable bonds is 1. The normalized spacial score (nSPS) is 8.33. The zero-order valence-electron chi connectivity index (χ0n) is 3.02. The van der Waals surface area contributed by atoms with Crippen LogP contribution in [0, 0.1) is 11.0 Å². The van der Waals surface area contributed by atoms with E-state index in [2.05, 4.69) is 20.5 Å². The molecule has 0 aromatic heterocycles. The van der Waals surface area contributed by atoms with Crippen molar-refractivity contribution in [3.05, 3.63) is 0 Å². The van der Waals surface area contributed by atoms with Crippen molar-refractivity contribution in [2.45, 2.75) is 4.79 Å². The minimum atomic E-state index is 0.176. The van der Waals surface area contributed by atoms with Crippen LogP contribution in [0.4, 0.5) is 0 Å². The van der Waals surface area contributed by atoms with E-state index < -0.39 is 0 Å². The monoisotopic (exact) mass is 123 g/mol. The van der Waals surface area contributed by atoms with E-state index in [4.69, 9.17) is 5.26 Å². The largest absolute Gasteiger partial charge is 0.207 e. The van der Waals surface area contributed by atoms with Gasteiger partial charge in [-0.05, 0) is 0 Å². The Morgan fingerprint density at radius 2 is 2.17 bits per heavy atom. The molecule has 1 nitrogen and oxygen atoms in total. The van der Waals surface area contributed by atoms with Crippen molar-refractivity contribution in [1.82, 2.24) is 0 Å². The number of hydrogen-bond acceptors (Lipinski definition) is 1. The van der Waals surface area contributed by atoms with Gasteiger partial charge in [-0.25, -0.2) is 5.26 Å². The van der Waals surface area contributed by atoms with Crippen LogP contribution in [-0.2, 0) is 0 Å². The molecule has 0 N–H and O–H groups in total. The summed E-state index contributed by atoms with van der Waals surface area (Å²) in [6.07, 6.45) is 0. The number of nitrogens with zero attached hydrogens (tertiary/aromatic N) is 1. The van der Waals surface area contributed by atoms with Crippen LogP contribution in [0.3, 0.4) is 0 Å². The second-order valence-corrected chi connectivity index (χ2v) is 4.67. The Morgan fingerprint density at radius 3 is 2.17 bits per heavy atom. The van der Waals surface area contributed by atoms with Gasteiger partial charge in [-0.3, -0.25) is 0 Å². The summed E-state index contributed by atoms with van der Waals surface area (Å²) < 4.78 is 0. The Labute approximate surface area is 46.4 Å². The average Bonchev–Trinajstić information content (AvgIpc) is 1.35. The minimum Gasteiger partial charge on any atom is -0.207 e. The summed E-state index contributed by atoms with van der Waals surface area (Å²) >= 11 is 0. The lowest BCUT2D eigenvalue weighted by Gasteiger charge is -1.84. The summed E-state index contributed by atoms with van der Waals surface area (Å²) in [6.45, 7) is 0. The first kappa shape index (κ1) is 6.14. The van der Waals surface area contributed by atoms with Gasteiger partial charge in [0.2, 0.25) is 0 Å². The molecular weight excluding hydrogens is 122 g/mol. The quantitative estimate of drug-likeness (QED) is 0.419. The Hall–Kier alpha value is 0.141. The summed E-state index contributed by atoms with van der Waals surface area (Å²) in [4.78, 5) is 0.176. The van der Waals surface area contributed by atoms with Crippen LogP contribution < -0.4 is 0 Å². The molecule has 0 fully saturated rings.